The molecule has 0 amide bonds. The molecule has 0 spiro atoms. The molecule has 90 valence electrons. The van der Waals surface area contributed by atoms with Gasteiger partial charge in [0.05, 0.1) is 6.10 Å². The Bertz CT molecular complexity index is 341. The second kappa shape index (κ2) is 6.38. The van der Waals surface area contributed by atoms with Crippen LogP contribution in [0.2, 0.25) is 0 Å². The van der Waals surface area contributed by atoms with Crippen LogP contribution in [0.25, 0.3) is 0 Å². The Morgan fingerprint density at radius 3 is 2.62 bits per heavy atom. The summed E-state index contributed by atoms with van der Waals surface area (Å²) in [5, 5.41) is 9.61. The molecule has 0 aliphatic rings. The summed E-state index contributed by atoms with van der Waals surface area (Å²) < 4.78 is 1.13. The molecule has 2 unspecified atom stereocenters. The van der Waals surface area contributed by atoms with Crippen LogP contribution >= 0.6 is 15.9 Å². The quantitative estimate of drug-likeness (QED) is 0.874. The fourth-order valence-corrected chi connectivity index (χ4v) is 2.22. The first-order valence-electron chi connectivity index (χ1n) is 5.72. The third kappa shape index (κ3) is 3.58. The van der Waals surface area contributed by atoms with Crippen molar-refractivity contribution in [1.29, 1.82) is 0 Å². The van der Waals surface area contributed by atoms with Crippen LogP contribution in [0.5, 0.6) is 0 Å². The van der Waals surface area contributed by atoms with Gasteiger partial charge in [0.15, 0.2) is 0 Å². The monoisotopic (exact) mass is 285 g/mol. The number of halogens is 1. The lowest BCUT2D eigenvalue weighted by atomic mass is 9.90. The first kappa shape index (κ1) is 13.7. The van der Waals surface area contributed by atoms with Gasteiger partial charge >= 0.3 is 0 Å². The average molecular weight is 286 g/mol. The Morgan fingerprint density at radius 1 is 1.44 bits per heavy atom. The summed E-state index contributed by atoms with van der Waals surface area (Å²) in [4.78, 5) is 0. The van der Waals surface area contributed by atoms with Crippen molar-refractivity contribution >= 4 is 15.9 Å². The third-order valence-corrected chi connectivity index (χ3v) is 3.84. The number of rotatable bonds is 5. The Labute approximate surface area is 106 Å². The number of aryl methyl sites for hydroxylation is 1. The number of aliphatic hydroxyl groups excluding tert-OH is 1. The van der Waals surface area contributed by atoms with Gasteiger partial charge in [0.2, 0.25) is 0 Å². The maximum Gasteiger partial charge on any atom is 0.0668 e. The number of hydrogen-bond acceptors (Lipinski definition) is 2. The molecule has 3 N–H and O–H groups in total. The lowest BCUT2D eigenvalue weighted by Gasteiger charge is -2.19. The molecule has 1 rings (SSSR count). The molecule has 0 bridgehead atoms. The third-order valence-electron chi connectivity index (χ3n) is 2.99. The van der Waals surface area contributed by atoms with Crippen molar-refractivity contribution in [3.05, 3.63) is 33.8 Å². The largest absolute Gasteiger partial charge is 0.392 e. The standard InChI is InChI=1S/C13H20BrNO/c1-3-10(6-12(16)8-15)11-5-4-9(2)13(14)7-11/h4-5,7,10,12,16H,3,6,8,15H2,1-2H3. The molecule has 0 saturated heterocycles. The fraction of sp³-hybridized carbons (Fsp3) is 0.538. The first-order chi connectivity index (χ1) is 7.58. The van der Waals surface area contributed by atoms with Gasteiger partial charge in [0.25, 0.3) is 0 Å². The van der Waals surface area contributed by atoms with Crippen molar-refractivity contribution in [3.8, 4) is 0 Å². The maximum absolute atomic E-state index is 9.61. The zero-order valence-corrected chi connectivity index (χ0v) is 11.5. The van der Waals surface area contributed by atoms with Crippen molar-refractivity contribution in [3.63, 3.8) is 0 Å². The van der Waals surface area contributed by atoms with Gasteiger partial charge in [-0.2, -0.15) is 0 Å². The first-order valence-corrected chi connectivity index (χ1v) is 6.52. The molecule has 0 aliphatic heterocycles. The SMILES string of the molecule is CCC(CC(O)CN)c1ccc(C)c(Br)c1. The smallest absolute Gasteiger partial charge is 0.0668 e. The second-order valence-electron chi connectivity index (χ2n) is 4.24. The molecule has 16 heavy (non-hydrogen) atoms. The zero-order chi connectivity index (χ0) is 12.1. The zero-order valence-electron chi connectivity index (χ0n) is 9.91. The lowest BCUT2D eigenvalue weighted by Crippen LogP contribution is -2.22. The van der Waals surface area contributed by atoms with Crippen LogP contribution in [0.15, 0.2) is 22.7 Å². The number of aliphatic hydroxyl groups is 1. The van der Waals surface area contributed by atoms with Crippen LogP contribution in [-0.4, -0.2) is 17.8 Å². The molecule has 0 aromatic heterocycles. The predicted octanol–water partition coefficient (Wildman–Crippen LogP) is 2.96. The van der Waals surface area contributed by atoms with Crippen LogP contribution in [0.4, 0.5) is 0 Å². The summed E-state index contributed by atoms with van der Waals surface area (Å²) in [6, 6.07) is 6.39. The van der Waals surface area contributed by atoms with E-state index in [0.29, 0.717) is 12.5 Å². The van der Waals surface area contributed by atoms with E-state index >= 15 is 0 Å². The van der Waals surface area contributed by atoms with E-state index in [4.69, 9.17) is 5.73 Å². The molecular weight excluding hydrogens is 266 g/mol. The van der Waals surface area contributed by atoms with Gasteiger partial charge in [-0.25, -0.2) is 0 Å². The van der Waals surface area contributed by atoms with Gasteiger partial charge in [0.1, 0.15) is 0 Å². The summed E-state index contributed by atoms with van der Waals surface area (Å²) in [7, 11) is 0. The van der Waals surface area contributed by atoms with Crippen LogP contribution in [-0.2, 0) is 0 Å². The molecule has 0 fully saturated rings. The summed E-state index contributed by atoms with van der Waals surface area (Å²) in [6.07, 6.45) is 1.36. The molecule has 3 heteroatoms. The minimum atomic E-state index is -0.398. The normalized spacial score (nSPS) is 14.8. The Hall–Kier alpha value is -0.380. The fourth-order valence-electron chi connectivity index (χ4n) is 1.83. The van der Waals surface area contributed by atoms with Crippen LogP contribution < -0.4 is 5.73 Å². The van der Waals surface area contributed by atoms with Gasteiger partial charge < -0.3 is 10.8 Å². The van der Waals surface area contributed by atoms with E-state index in [-0.39, 0.29) is 0 Å². The van der Waals surface area contributed by atoms with Gasteiger partial charge in [-0.3, -0.25) is 0 Å². The Kier molecular flexibility index (Phi) is 5.46. The maximum atomic E-state index is 9.61. The van der Waals surface area contributed by atoms with E-state index in [1.54, 1.807) is 0 Å². The van der Waals surface area contributed by atoms with E-state index < -0.39 is 6.10 Å². The topological polar surface area (TPSA) is 46.2 Å². The van der Waals surface area contributed by atoms with Crippen LogP contribution in [0.3, 0.4) is 0 Å². The molecule has 0 saturated carbocycles. The van der Waals surface area contributed by atoms with E-state index in [0.717, 1.165) is 17.3 Å². The van der Waals surface area contributed by atoms with Crippen molar-refractivity contribution in [2.75, 3.05) is 6.54 Å². The van der Waals surface area contributed by atoms with Crippen molar-refractivity contribution in [2.24, 2.45) is 5.73 Å². The van der Waals surface area contributed by atoms with Crippen LogP contribution in [0.1, 0.15) is 36.8 Å². The van der Waals surface area contributed by atoms with E-state index in [9.17, 15) is 5.11 Å². The van der Waals surface area contributed by atoms with Crippen molar-refractivity contribution in [2.45, 2.75) is 38.7 Å². The predicted molar refractivity (Wildman–Crippen MR) is 71.6 cm³/mol. The summed E-state index contributed by atoms with van der Waals surface area (Å²) in [6.45, 7) is 4.55. The van der Waals surface area contributed by atoms with E-state index in [1.165, 1.54) is 11.1 Å². The molecule has 2 nitrogen and oxygen atoms in total. The summed E-state index contributed by atoms with van der Waals surface area (Å²) in [5.41, 5.74) is 7.95. The molecule has 0 heterocycles. The molecular formula is C13H20BrNO. The average Bonchev–Trinajstić information content (AvgIpc) is 2.29. The van der Waals surface area contributed by atoms with Gasteiger partial charge in [-0.05, 0) is 42.9 Å². The molecule has 0 aliphatic carbocycles. The molecule has 0 radical (unpaired) electrons. The highest BCUT2D eigenvalue weighted by atomic mass is 79.9. The molecule has 1 aromatic carbocycles. The van der Waals surface area contributed by atoms with E-state index in [1.807, 2.05) is 0 Å². The van der Waals surface area contributed by atoms with Crippen molar-refractivity contribution in [1.82, 2.24) is 0 Å². The van der Waals surface area contributed by atoms with Gasteiger partial charge in [-0.15, -0.1) is 0 Å². The minimum Gasteiger partial charge on any atom is -0.392 e. The van der Waals surface area contributed by atoms with Gasteiger partial charge in [-0.1, -0.05) is 35.0 Å². The number of hydrogen-bond donors (Lipinski definition) is 2. The van der Waals surface area contributed by atoms with E-state index in [2.05, 4.69) is 48.0 Å². The van der Waals surface area contributed by atoms with Gasteiger partial charge in [0, 0.05) is 11.0 Å². The highest BCUT2D eigenvalue weighted by Gasteiger charge is 2.14. The highest BCUT2D eigenvalue weighted by Crippen LogP contribution is 2.28. The van der Waals surface area contributed by atoms with Crippen LogP contribution in [0, 0.1) is 6.92 Å². The Balaban J connectivity index is 2.82. The molecule has 2 atom stereocenters. The number of benzene rings is 1. The highest BCUT2D eigenvalue weighted by molar-refractivity contribution is 9.10. The van der Waals surface area contributed by atoms with Crippen molar-refractivity contribution < 1.29 is 5.11 Å². The minimum absolute atomic E-state index is 0.337. The summed E-state index contributed by atoms with van der Waals surface area (Å²) >= 11 is 3.54. The Morgan fingerprint density at radius 2 is 2.12 bits per heavy atom. The molecule has 1 aromatic rings. The summed E-state index contributed by atoms with van der Waals surface area (Å²) in [5.74, 6) is 0.385. The second-order valence-corrected chi connectivity index (χ2v) is 5.09. The lowest BCUT2D eigenvalue weighted by molar-refractivity contribution is 0.162. The number of nitrogens with two attached hydrogens (primary N) is 1.